The third-order valence-corrected chi connectivity index (χ3v) is 10.2. The summed E-state index contributed by atoms with van der Waals surface area (Å²) in [6.45, 7) is 5.84. The Hall–Kier alpha value is -2.19. The molecule has 4 heterocycles. The quantitative estimate of drug-likeness (QED) is 0.338. The Morgan fingerprint density at radius 1 is 1.36 bits per heavy atom. The van der Waals surface area contributed by atoms with Gasteiger partial charge in [0.15, 0.2) is 11.0 Å². The lowest BCUT2D eigenvalue weighted by atomic mass is 9.86. The van der Waals surface area contributed by atoms with Crippen molar-refractivity contribution in [1.82, 2.24) is 14.8 Å². The number of aromatic nitrogens is 3. The van der Waals surface area contributed by atoms with Crippen LogP contribution in [0.15, 0.2) is 16.6 Å². The summed E-state index contributed by atoms with van der Waals surface area (Å²) in [6.07, 6.45) is 7.41. The Bertz CT molecular complexity index is 1270. The number of hydrogen-bond donors (Lipinski definition) is 1. The molecule has 7 nitrogen and oxygen atoms in total. The minimum atomic E-state index is -0.126. The van der Waals surface area contributed by atoms with E-state index in [1.165, 1.54) is 21.5 Å². The van der Waals surface area contributed by atoms with Crippen molar-refractivity contribution < 1.29 is 9.53 Å². The number of anilines is 1. The molecule has 3 aromatic heterocycles. The fourth-order valence-electron chi connectivity index (χ4n) is 4.95. The van der Waals surface area contributed by atoms with Gasteiger partial charge in [-0.25, -0.2) is 0 Å². The molecule has 0 saturated carbocycles. The molecule has 1 aliphatic carbocycles. The number of thiophene rings is 2. The lowest BCUT2D eigenvalue weighted by Crippen LogP contribution is -2.18. The number of nitrogens with one attached hydrogen (secondary N) is 1. The molecule has 5 rings (SSSR count). The highest BCUT2D eigenvalue weighted by Crippen LogP contribution is 2.40. The maximum atomic E-state index is 12.9. The van der Waals surface area contributed by atoms with E-state index >= 15 is 0 Å². The van der Waals surface area contributed by atoms with Crippen molar-refractivity contribution in [3.63, 3.8) is 0 Å². The average Bonchev–Trinajstić information content (AvgIpc) is 3.68. The zero-order chi connectivity index (χ0) is 25.1. The molecule has 3 aromatic rings. The molecule has 0 radical (unpaired) electrons. The highest BCUT2D eigenvalue weighted by molar-refractivity contribution is 7.99. The molecule has 2 atom stereocenters. The molecule has 10 heteroatoms. The van der Waals surface area contributed by atoms with Gasteiger partial charge in [0.2, 0.25) is 5.91 Å². The van der Waals surface area contributed by atoms with Crippen molar-refractivity contribution in [2.24, 2.45) is 5.92 Å². The summed E-state index contributed by atoms with van der Waals surface area (Å²) in [5, 5.41) is 25.3. The third kappa shape index (κ3) is 5.40. The van der Waals surface area contributed by atoms with Crippen molar-refractivity contribution in [3.8, 4) is 17.5 Å². The first-order valence-electron chi connectivity index (χ1n) is 12.7. The maximum Gasteiger partial charge on any atom is 0.235 e. The minimum absolute atomic E-state index is 0.126. The zero-order valence-corrected chi connectivity index (χ0v) is 23.2. The van der Waals surface area contributed by atoms with Crippen molar-refractivity contribution in [2.75, 3.05) is 17.7 Å². The van der Waals surface area contributed by atoms with Gasteiger partial charge in [0, 0.05) is 27.3 Å². The Kier molecular flexibility index (Phi) is 8.11. The van der Waals surface area contributed by atoms with E-state index in [1.54, 1.807) is 22.7 Å². The van der Waals surface area contributed by atoms with Gasteiger partial charge in [-0.1, -0.05) is 32.0 Å². The first-order chi connectivity index (χ1) is 17.6. The van der Waals surface area contributed by atoms with Gasteiger partial charge < -0.3 is 10.1 Å². The molecule has 1 saturated heterocycles. The first-order valence-corrected chi connectivity index (χ1v) is 15.4. The van der Waals surface area contributed by atoms with E-state index in [-0.39, 0.29) is 17.8 Å². The van der Waals surface area contributed by atoms with Gasteiger partial charge >= 0.3 is 0 Å². The Balaban J connectivity index is 1.30. The topological polar surface area (TPSA) is 92.8 Å². The number of rotatable bonds is 9. The van der Waals surface area contributed by atoms with Crippen LogP contribution in [0.1, 0.15) is 60.4 Å². The molecule has 1 amide bonds. The summed E-state index contributed by atoms with van der Waals surface area (Å²) >= 11 is 4.69. The normalized spacial score (nSPS) is 19.2. The van der Waals surface area contributed by atoms with Crippen LogP contribution in [0.25, 0.3) is 11.4 Å². The second-order valence-electron chi connectivity index (χ2n) is 9.38. The van der Waals surface area contributed by atoms with Crippen LogP contribution in [0, 0.1) is 17.2 Å². The molecular formula is C26H31N5O2S3. The predicted octanol–water partition coefficient (Wildman–Crippen LogP) is 5.93. The second-order valence-corrected chi connectivity index (χ2v) is 12.4. The number of thioether (sulfide) groups is 1. The fraction of sp³-hybridized carbons (Fsp3) is 0.538. The molecule has 1 aliphatic heterocycles. The van der Waals surface area contributed by atoms with Crippen LogP contribution < -0.4 is 5.32 Å². The van der Waals surface area contributed by atoms with E-state index in [1.807, 2.05) is 0 Å². The zero-order valence-electron chi connectivity index (χ0n) is 20.7. The van der Waals surface area contributed by atoms with Crippen LogP contribution in [0.2, 0.25) is 0 Å². The maximum absolute atomic E-state index is 12.9. The van der Waals surface area contributed by atoms with Crippen LogP contribution in [0.3, 0.4) is 0 Å². The van der Waals surface area contributed by atoms with Crippen LogP contribution in [-0.4, -0.2) is 39.1 Å². The Labute approximate surface area is 224 Å². The van der Waals surface area contributed by atoms with E-state index in [2.05, 4.69) is 51.4 Å². The lowest BCUT2D eigenvalue weighted by Gasteiger charge is -2.20. The lowest BCUT2D eigenvalue weighted by molar-refractivity contribution is -0.113. The summed E-state index contributed by atoms with van der Waals surface area (Å²) < 4.78 is 7.99. The van der Waals surface area contributed by atoms with Gasteiger partial charge in [0.25, 0.3) is 0 Å². The molecule has 0 spiro atoms. The van der Waals surface area contributed by atoms with Gasteiger partial charge in [-0.05, 0) is 56.1 Å². The van der Waals surface area contributed by atoms with Gasteiger partial charge in [-0.15, -0.1) is 32.9 Å². The molecular weight excluding hydrogens is 511 g/mol. The molecule has 0 aromatic carbocycles. The van der Waals surface area contributed by atoms with E-state index in [4.69, 9.17) is 4.74 Å². The number of ether oxygens (including phenoxy) is 1. The summed E-state index contributed by atoms with van der Waals surface area (Å²) in [7, 11) is 0. The monoisotopic (exact) mass is 541 g/mol. The molecule has 0 bridgehead atoms. The number of nitrogens with zero attached hydrogens (tertiary/aromatic N) is 4. The van der Waals surface area contributed by atoms with Gasteiger partial charge in [-0.3, -0.25) is 9.36 Å². The third-order valence-electron chi connectivity index (χ3n) is 7.03. The standard InChI is InChI=1S/C26H31N5O2S3/c1-3-16-7-8-20-21(12-27)25(36-22(20)10-16)28-23(32)15-35-26-30-29-24(17-11-19(4-2)34-14-17)31(26)13-18-6-5-9-33-18/h11,14,16,18H,3-10,13,15H2,1-2H3,(H,28,32). The average molecular weight is 542 g/mol. The fourth-order valence-corrected chi connectivity index (χ4v) is 7.84. The molecule has 2 aliphatic rings. The number of carbonyl (C=O) groups excluding carboxylic acids is 1. The van der Waals surface area contributed by atoms with E-state index in [0.717, 1.165) is 73.7 Å². The molecule has 1 fully saturated rings. The first kappa shape index (κ1) is 25.5. The highest BCUT2D eigenvalue weighted by Gasteiger charge is 2.26. The van der Waals surface area contributed by atoms with Crippen LogP contribution >= 0.6 is 34.4 Å². The number of aryl methyl sites for hydroxylation is 1. The summed E-state index contributed by atoms with van der Waals surface area (Å²) in [4.78, 5) is 15.5. The van der Waals surface area contributed by atoms with E-state index in [0.29, 0.717) is 23.0 Å². The molecule has 36 heavy (non-hydrogen) atoms. The van der Waals surface area contributed by atoms with E-state index in [9.17, 15) is 10.1 Å². The second kappa shape index (κ2) is 11.5. The predicted molar refractivity (Wildman–Crippen MR) is 146 cm³/mol. The number of fused-ring (bicyclic) bond motifs is 1. The minimum Gasteiger partial charge on any atom is -0.376 e. The SMILES string of the molecule is CCc1cc(-c2nnc(SCC(=O)Nc3sc4c(c3C#N)CCC(CC)C4)n2CC2CCCO2)cs1. The molecule has 2 unspecified atom stereocenters. The van der Waals surface area contributed by atoms with Gasteiger partial charge in [0.1, 0.15) is 11.1 Å². The van der Waals surface area contributed by atoms with Crippen LogP contribution in [0.5, 0.6) is 0 Å². The van der Waals surface area contributed by atoms with Gasteiger partial charge in [-0.2, -0.15) is 5.26 Å². The molecule has 1 N–H and O–H groups in total. The van der Waals surface area contributed by atoms with Crippen molar-refractivity contribution >= 4 is 45.3 Å². The van der Waals surface area contributed by atoms with Crippen molar-refractivity contribution in [1.29, 1.82) is 5.26 Å². The molecule has 190 valence electrons. The van der Waals surface area contributed by atoms with Crippen molar-refractivity contribution in [3.05, 3.63) is 32.3 Å². The van der Waals surface area contributed by atoms with Crippen LogP contribution in [0.4, 0.5) is 5.00 Å². The number of nitriles is 1. The largest absolute Gasteiger partial charge is 0.376 e. The Morgan fingerprint density at radius 2 is 2.25 bits per heavy atom. The summed E-state index contributed by atoms with van der Waals surface area (Å²) in [6, 6.07) is 4.52. The summed E-state index contributed by atoms with van der Waals surface area (Å²) in [5.41, 5.74) is 2.85. The van der Waals surface area contributed by atoms with Crippen LogP contribution in [-0.2, 0) is 35.3 Å². The van der Waals surface area contributed by atoms with Crippen molar-refractivity contribution in [2.45, 2.75) is 76.6 Å². The van der Waals surface area contributed by atoms with Gasteiger partial charge in [0.05, 0.1) is 24.0 Å². The number of hydrogen-bond acceptors (Lipinski definition) is 8. The number of carbonyl (C=O) groups is 1. The Morgan fingerprint density at radius 3 is 2.97 bits per heavy atom. The number of amides is 1. The highest BCUT2D eigenvalue weighted by atomic mass is 32.2. The van der Waals surface area contributed by atoms with E-state index < -0.39 is 0 Å². The smallest absolute Gasteiger partial charge is 0.235 e. The summed E-state index contributed by atoms with van der Waals surface area (Å²) in [5.74, 6) is 1.58.